The molecule has 0 saturated heterocycles. The summed E-state index contributed by atoms with van der Waals surface area (Å²) in [5.41, 5.74) is 3.27. The molecule has 0 amide bonds. The normalized spacial score (nSPS) is 9.87. The lowest BCUT2D eigenvalue weighted by Crippen LogP contribution is -2.02. The van der Waals surface area contributed by atoms with E-state index in [0.29, 0.717) is 24.0 Å². The Labute approximate surface area is 173 Å². The van der Waals surface area contributed by atoms with Crippen molar-refractivity contribution < 1.29 is 39.6 Å². The van der Waals surface area contributed by atoms with E-state index < -0.39 is 23.9 Å². The molecule has 30 heavy (non-hydrogen) atoms. The molecule has 8 nitrogen and oxygen atoms in total. The van der Waals surface area contributed by atoms with E-state index >= 15 is 0 Å². The molecule has 160 valence electrons. The van der Waals surface area contributed by atoms with E-state index in [-0.39, 0.29) is 25.7 Å². The SMILES string of the molecule is O=C(O)CCc1ccc(CCC(=O)O)cc1.O=C(O)Cc1ccc(CC(=O)O)cc1. The van der Waals surface area contributed by atoms with Crippen LogP contribution in [0.15, 0.2) is 48.5 Å². The van der Waals surface area contributed by atoms with E-state index in [4.69, 9.17) is 20.4 Å². The molecule has 4 N–H and O–H groups in total. The third-order valence-corrected chi connectivity index (χ3v) is 4.01. The lowest BCUT2D eigenvalue weighted by molar-refractivity contribution is -0.138. The van der Waals surface area contributed by atoms with Crippen molar-refractivity contribution >= 4 is 23.9 Å². The maximum absolute atomic E-state index is 10.4. The van der Waals surface area contributed by atoms with Crippen molar-refractivity contribution in [1.82, 2.24) is 0 Å². The van der Waals surface area contributed by atoms with Gasteiger partial charge in [0.25, 0.3) is 0 Å². The van der Waals surface area contributed by atoms with Gasteiger partial charge in [-0.3, -0.25) is 19.2 Å². The molecule has 0 heterocycles. The fourth-order valence-electron chi connectivity index (χ4n) is 2.50. The van der Waals surface area contributed by atoms with E-state index in [1.54, 1.807) is 24.3 Å². The molecule has 0 bridgehead atoms. The van der Waals surface area contributed by atoms with Crippen LogP contribution in [0.1, 0.15) is 35.1 Å². The summed E-state index contributed by atoms with van der Waals surface area (Å²) >= 11 is 0. The van der Waals surface area contributed by atoms with Crippen molar-refractivity contribution in [2.45, 2.75) is 38.5 Å². The van der Waals surface area contributed by atoms with Gasteiger partial charge >= 0.3 is 23.9 Å². The second-order valence-electron chi connectivity index (χ2n) is 6.56. The molecule has 0 fully saturated rings. The predicted molar refractivity (Wildman–Crippen MR) is 107 cm³/mol. The first-order valence-electron chi connectivity index (χ1n) is 9.18. The molecule has 0 atom stereocenters. The zero-order valence-corrected chi connectivity index (χ0v) is 16.3. The Balaban J connectivity index is 0.000000303. The molecule has 2 rings (SSSR count). The zero-order valence-electron chi connectivity index (χ0n) is 16.3. The number of aryl methyl sites for hydroxylation is 2. The number of aliphatic carboxylic acids is 4. The summed E-state index contributed by atoms with van der Waals surface area (Å²) in [6.07, 6.45) is 1.19. The van der Waals surface area contributed by atoms with Crippen molar-refractivity contribution in [3.8, 4) is 0 Å². The first-order valence-corrected chi connectivity index (χ1v) is 9.18. The van der Waals surface area contributed by atoms with Crippen LogP contribution in [0.4, 0.5) is 0 Å². The van der Waals surface area contributed by atoms with Gasteiger partial charge < -0.3 is 20.4 Å². The quantitative estimate of drug-likeness (QED) is 0.462. The highest BCUT2D eigenvalue weighted by atomic mass is 16.4. The lowest BCUT2D eigenvalue weighted by atomic mass is 10.0. The van der Waals surface area contributed by atoms with Gasteiger partial charge in [-0.15, -0.1) is 0 Å². The van der Waals surface area contributed by atoms with E-state index in [1.165, 1.54) is 0 Å². The Kier molecular flexibility index (Phi) is 10.3. The van der Waals surface area contributed by atoms with Crippen molar-refractivity contribution in [3.05, 3.63) is 70.8 Å². The smallest absolute Gasteiger partial charge is 0.307 e. The minimum absolute atomic E-state index is 0.0344. The third kappa shape index (κ3) is 11.2. The van der Waals surface area contributed by atoms with E-state index in [1.807, 2.05) is 24.3 Å². The summed E-state index contributed by atoms with van der Waals surface area (Å²) in [4.78, 5) is 41.4. The fourth-order valence-corrected chi connectivity index (χ4v) is 2.50. The van der Waals surface area contributed by atoms with Gasteiger partial charge in [0, 0.05) is 12.8 Å². The highest BCUT2D eigenvalue weighted by Crippen LogP contribution is 2.09. The zero-order chi connectivity index (χ0) is 22.5. The molecule has 8 heteroatoms. The Bertz CT molecular complexity index is 782. The molecule has 0 unspecified atom stereocenters. The number of benzene rings is 2. The van der Waals surface area contributed by atoms with Gasteiger partial charge in [-0.2, -0.15) is 0 Å². The molecule has 0 saturated carbocycles. The molecular formula is C22H24O8. The summed E-state index contributed by atoms with van der Waals surface area (Å²) in [5.74, 6) is -3.41. The maximum atomic E-state index is 10.4. The van der Waals surface area contributed by atoms with Crippen molar-refractivity contribution in [3.63, 3.8) is 0 Å². The van der Waals surface area contributed by atoms with E-state index in [9.17, 15) is 19.2 Å². The van der Waals surface area contributed by atoms with Crippen molar-refractivity contribution in [2.24, 2.45) is 0 Å². The van der Waals surface area contributed by atoms with Gasteiger partial charge in [0.1, 0.15) is 0 Å². The van der Waals surface area contributed by atoms with Crippen LogP contribution in [-0.4, -0.2) is 44.3 Å². The van der Waals surface area contributed by atoms with Crippen molar-refractivity contribution in [2.75, 3.05) is 0 Å². The number of rotatable bonds is 10. The van der Waals surface area contributed by atoms with Crippen molar-refractivity contribution in [1.29, 1.82) is 0 Å². The monoisotopic (exact) mass is 416 g/mol. The molecule has 0 radical (unpaired) electrons. The van der Waals surface area contributed by atoms with Crippen LogP contribution in [0.25, 0.3) is 0 Å². The number of hydrogen-bond donors (Lipinski definition) is 4. The number of carbonyl (C=O) groups is 4. The molecular weight excluding hydrogens is 392 g/mol. The average molecular weight is 416 g/mol. The summed E-state index contributed by atoms with van der Waals surface area (Å²) in [7, 11) is 0. The van der Waals surface area contributed by atoms with E-state index in [0.717, 1.165) is 11.1 Å². The topological polar surface area (TPSA) is 149 Å². The average Bonchev–Trinajstić information content (AvgIpc) is 2.67. The molecule has 0 aliphatic carbocycles. The Morgan fingerprint density at radius 3 is 0.967 bits per heavy atom. The van der Waals surface area contributed by atoms with Gasteiger partial charge in [-0.1, -0.05) is 48.5 Å². The van der Waals surface area contributed by atoms with Crippen LogP contribution in [0.3, 0.4) is 0 Å². The summed E-state index contributed by atoms with van der Waals surface area (Å²) in [6.45, 7) is 0. The second-order valence-corrected chi connectivity index (χ2v) is 6.56. The minimum Gasteiger partial charge on any atom is -0.481 e. The highest BCUT2D eigenvalue weighted by Gasteiger charge is 2.03. The van der Waals surface area contributed by atoms with Gasteiger partial charge in [0.05, 0.1) is 12.8 Å². The Morgan fingerprint density at radius 1 is 0.467 bits per heavy atom. The first-order chi connectivity index (χ1) is 14.2. The van der Waals surface area contributed by atoms with Crippen LogP contribution in [0.2, 0.25) is 0 Å². The van der Waals surface area contributed by atoms with Crippen LogP contribution in [-0.2, 0) is 44.9 Å². The summed E-state index contributed by atoms with van der Waals surface area (Å²) in [6, 6.07) is 13.9. The number of carboxylic acids is 4. The van der Waals surface area contributed by atoms with Gasteiger partial charge in [-0.05, 0) is 35.1 Å². The molecule has 0 aromatic heterocycles. The molecule has 0 spiro atoms. The van der Waals surface area contributed by atoms with Gasteiger partial charge in [0.2, 0.25) is 0 Å². The number of carboxylic acid groups (broad SMARTS) is 4. The fraction of sp³-hybridized carbons (Fsp3) is 0.273. The van der Waals surface area contributed by atoms with Crippen LogP contribution < -0.4 is 0 Å². The molecule has 0 aliphatic rings. The predicted octanol–water partition coefficient (Wildman–Crippen LogP) is 2.66. The molecule has 0 aliphatic heterocycles. The van der Waals surface area contributed by atoms with Gasteiger partial charge in [0.15, 0.2) is 0 Å². The highest BCUT2D eigenvalue weighted by molar-refractivity contribution is 5.71. The maximum Gasteiger partial charge on any atom is 0.307 e. The van der Waals surface area contributed by atoms with Crippen LogP contribution >= 0.6 is 0 Å². The first kappa shape index (κ1) is 24.4. The minimum atomic E-state index is -0.893. The summed E-state index contributed by atoms with van der Waals surface area (Å²) < 4.78 is 0. The Morgan fingerprint density at radius 2 is 0.733 bits per heavy atom. The van der Waals surface area contributed by atoms with Crippen LogP contribution in [0, 0.1) is 0 Å². The summed E-state index contributed by atoms with van der Waals surface area (Å²) in [5, 5.41) is 34.0. The second kappa shape index (κ2) is 12.7. The van der Waals surface area contributed by atoms with E-state index in [2.05, 4.69) is 0 Å². The third-order valence-electron chi connectivity index (χ3n) is 4.01. The molecule has 2 aromatic rings. The van der Waals surface area contributed by atoms with Crippen LogP contribution in [0.5, 0.6) is 0 Å². The molecule has 2 aromatic carbocycles. The standard InChI is InChI=1S/C12H14O4.C10H10O4/c13-11(14)7-5-9-1-2-10(4-3-9)6-8-12(15)16;11-9(12)5-7-1-2-8(4-3-7)6-10(13)14/h1-4H,5-8H2,(H,13,14)(H,15,16);1-4H,5-6H2,(H,11,12)(H,13,14). The largest absolute Gasteiger partial charge is 0.481 e. The Hall–Kier alpha value is -3.68. The number of hydrogen-bond acceptors (Lipinski definition) is 4. The van der Waals surface area contributed by atoms with Gasteiger partial charge in [-0.25, -0.2) is 0 Å². The lowest BCUT2D eigenvalue weighted by Gasteiger charge is -2.01.